The molecule has 1 aromatic rings. The molecule has 19 heavy (non-hydrogen) atoms. The molecule has 1 heterocycles. The fraction of sp³-hybridized carbons (Fsp3) is 0.500. The molecule has 0 aliphatic heterocycles. The van der Waals surface area contributed by atoms with Crippen molar-refractivity contribution in [3.63, 3.8) is 0 Å². The van der Waals surface area contributed by atoms with Gasteiger partial charge in [-0.1, -0.05) is 6.92 Å². The lowest BCUT2D eigenvalue weighted by Gasteiger charge is -2.10. The predicted molar refractivity (Wildman–Crippen MR) is 62.9 cm³/mol. The van der Waals surface area contributed by atoms with Crippen molar-refractivity contribution in [1.82, 2.24) is 4.98 Å². The lowest BCUT2D eigenvalue weighted by atomic mass is 10.2. The standard InChI is InChI=1S/C10H11F3N2O3S/c1-6(4-16)5-19-8-2-9(10(11,12)13)14-3-7(8)15(17)18/h2-3,6,16H,4-5H2,1H3. The summed E-state index contributed by atoms with van der Waals surface area (Å²) in [5, 5.41) is 19.6. The second-order valence-electron chi connectivity index (χ2n) is 3.89. The Morgan fingerprint density at radius 1 is 1.58 bits per heavy atom. The van der Waals surface area contributed by atoms with E-state index >= 15 is 0 Å². The number of hydrogen-bond acceptors (Lipinski definition) is 5. The van der Waals surface area contributed by atoms with Crippen LogP contribution in [-0.4, -0.2) is 27.4 Å². The van der Waals surface area contributed by atoms with Gasteiger partial charge < -0.3 is 5.11 Å². The largest absolute Gasteiger partial charge is 0.433 e. The second kappa shape index (κ2) is 6.20. The molecule has 1 unspecified atom stereocenters. The number of pyridine rings is 1. The highest BCUT2D eigenvalue weighted by Crippen LogP contribution is 2.35. The Kier molecular flexibility index (Phi) is 5.12. The van der Waals surface area contributed by atoms with Crippen molar-refractivity contribution >= 4 is 17.4 Å². The zero-order valence-corrected chi connectivity index (χ0v) is 10.7. The molecule has 0 bridgehead atoms. The van der Waals surface area contributed by atoms with Gasteiger partial charge in [-0.25, -0.2) is 4.98 Å². The molecule has 0 radical (unpaired) electrons. The number of nitrogens with zero attached hydrogens (tertiary/aromatic N) is 2. The zero-order chi connectivity index (χ0) is 14.6. The first-order valence-electron chi connectivity index (χ1n) is 5.21. The van der Waals surface area contributed by atoms with Gasteiger partial charge in [-0.3, -0.25) is 10.1 Å². The minimum absolute atomic E-state index is 0.104. The maximum Gasteiger partial charge on any atom is 0.433 e. The summed E-state index contributed by atoms with van der Waals surface area (Å²) in [7, 11) is 0. The van der Waals surface area contributed by atoms with E-state index in [2.05, 4.69) is 4.98 Å². The number of nitro groups is 1. The van der Waals surface area contributed by atoms with E-state index in [1.54, 1.807) is 6.92 Å². The van der Waals surface area contributed by atoms with Crippen molar-refractivity contribution in [3.8, 4) is 0 Å². The van der Waals surface area contributed by atoms with E-state index in [0.29, 0.717) is 12.3 Å². The third-order valence-electron chi connectivity index (χ3n) is 2.17. The molecule has 1 atom stereocenters. The van der Waals surface area contributed by atoms with Crippen LogP contribution < -0.4 is 0 Å². The van der Waals surface area contributed by atoms with Gasteiger partial charge >= 0.3 is 11.9 Å². The average Bonchev–Trinajstić information content (AvgIpc) is 2.34. The molecule has 0 aliphatic carbocycles. The van der Waals surface area contributed by atoms with Crippen LogP contribution >= 0.6 is 11.8 Å². The van der Waals surface area contributed by atoms with Crippen molar-refractivity contribution in [2.45, 2.75) is 18.0 Å². The van der Waals surface area contributed by atoms with E-state index in [1.807, 2.05) is 0 Å². The first kappa shape index (κ1) is 15.7. The summed E-state index contributed by atoms with van der Waals surface area (Å²) >= 11 is 0.897. The van der Waals surface area contributed by atoms with Crippen LogP contribution in [0.4, 0.5) is 18.9 Å². The summed E-state index contributed by atoms with van der Waals surface area (Å²) in [6.07, 6.45) is -4.04. The van der Waals surface area contributed by atoms with E-state index in [1.165, 1.54) is 0 Å². The van der Waals surface area contributed by atoms with Crippen LogP contribution in [0.2, 0.25) is 0 Å². The van der Waals surface area contributed by atoms with Crippen molar-refractivity contribution in [2.24, 2.45) is 5.92 Å². The summed E-state index contributed by atoms with van der Waals surface area (Å²) in [5.41, 5.74) is -1.64. The van der Waals surface area contributed by atoms with E-state index < -0.39 is 22.5 Å². The lowest BCUT2D eigenvalue weighted by molar-refractivity contribution is -0.388. The molecule has 9 heteroatoms. The number of halogens is 3. The third-order valence-corrected chi connectivity index (χ3v) is 3.54. The maximum atomic E-state index is 12.5. The minimum Gasteiger partial charge on any atom is -0.396 e. The van der Waals surface area contributed by atoms with Gasteiger partial charge in [0.05, 0.1) is 9.82 Å². The van der Waals surface area contributed by atoms with Gasteiger partial charge in [-0.15, -0.1) is 11.8 Å². The van der Waals surface area contributed by atoms with Gasteiger partial charge in [-0.2, -0.15) is 13.2 Å². The van der Waals surface area contributed by atoms with Crippen LogP contribution in [0.3, 0.4) is 0 Å². The van der Waals surface area contributed by atoms with Gasteiger partial charge in [0.1, 0.15) is 11.9 Å². The monoisotopic (exact) mass is 296 g/mol. The third kappa shape index (κ3) is 4.35. The zero-order valence-electron chi connectivity index (χ0n) is 9.85. The number of hydrogen-bond donors (Lipinski definition) is 1. The van der Waals surface area contributed by atoms with Crippen LogP contribution in [0.25, 0.3) is 0 Å². The Morgan fingerprint density at radius 2 is 2.21 bits per heavy atom. The molecule has 0 amide bonds. The molecule has 0 saturated heterocycles. The van der Waals surface area contributed by atoms with Crippen LogP contribution in [-0.2, 0) is 6.18 Å². The molecular weight excluding hydrogens is 285 g/mol. The number of aliphatic hydroxyl groups is 1. The Hall–Kier alpha value is -1.35. The predicted octanol–water partition coefficient (Wildman–Crippen LogP) is 2.73. The molecule has 1 N–H and O–H groups in total. The number of aliphatic hydroxyl groups excluding tert-OH is 1. The topological polar surface area (TPSA) is 76.3 Å². The highest BCUT2D eigenvalue weighted by Gasteiger charge is 2.34. The molecule has 1 aromatic heterocycles. The summed E-state index contributed by atoms with van der Waals surface area (Å²) in [6, 6.07) is 0.660. The molecule has 106 valence electrons. The van der Waals surface area contributed by atoms with E-state index in [-0.39, 0.29) is 23.2 Å². The molecule has 5 nitrogen and oxygen atoms in total. The van der Waals surface area contributed by atoms with Crippen molar-refractivity contribution in [3.05, 3.63) is 28.1 Å². The van der Waals surface area contributed by atoms with Crippen LogP contribution in [0.15, 0.2) is 17.2 Å². The summed E-state index contributed by atoms with van der Waals surface area (Å²) < 4.78 is 37.5. The quantitative estimate of drug-likeness (QED) is 0.513. The fourth-order valence-corrected chi connectivity index (χ4v) is 2.16. The van der Waals surface area contributed by atoms with E-state index in [0.717, 1.165) is 11.8 Å². The molecule has 0 aliphatic rings. The Labute approximate surface area is 111 Å². The number of alkyl halides is 3. The smallest absolute Gasteiger partial charge is 0.396 e. The first-order valence-corrected chi connectivity index (χ1v) is 6.19. The normalized spacial score (nSPS) is 13.3. The highest BCUT2D eigenvalue weighted by molar-refractivity contribution is 7.99. The van der Waals surface area contributed by atoms with Crippen molar-refractivity contribution < 1.29 is 23.2 Å². The second-order valence-corrected chi connectivity index (χ2v) is 4.95. The number of rotatable bonds is 5. The summed E-state index contributed by atoms with van der Waals surface area (Å²) in [4.78, 5) is 12.9. The number of thioether (sulfide) groups is 1. The van der Waals surface area contributed by atoms with Crippen LogP contribution in [0.1, 0.15) is 12.6 Å². The van der Waals surface area contributed by atoms with Crippen molar-refractivity contribution in [1.29, 1.82) is 0 Å². The van der Waals surface area contributed by atoms with Gasteiger partial charge in [0.2, 0.25) is 0 Å². The molecule has 0 spiro atoms. The fourth-order valence-electron chi connectivity index (χ4n) is 1.12. The molecule has 0 aromatic carbocycles. The van der Waals surface area contributed by atoms with Gasteiger partial charge in [0.25, 0.3) is 0 Å². The number of aromatic nitrogens is 1. The SMILES string of the molecule is CC(CO)CSc1cc(C(F)(F)F)ncc1[N+](=O)[O-]. The van der Waals surface area contributed by atoms with Crippen LogP contribution in [0, 0.1) is 16.0 Å². The molecular formula is C10H11F3N2O3S. The van der Waals surface area contributed by atoms with Gasteiger partial charge in [0, 0.05) is 12.4 Å². The summed E-state index contributed by atoms with van der Waals surface area (Å²) in [5.74, 6) is 0.102. The maximum absolute atomic E-state index is 12.5. The molecule has 1 rings (SSSR count). The van der Waals surface area contributed by atoms with Crippen molar-refractivity contribution in [2.75, 3.05) is 12.4 Å². The molecule has 0 saturated carbocycles. The highest BCUT2D eigenvalue weighted by atomic mass is 32.2. The average molecular weight is 296 g/mol. The minimum atomic E-state index is -4.65. The van der Waals surface area contributed by atoms with Gasteiger partial charge in [-0.05, 0) is 12.0 Å². The Bertz CT molecular complexity index is 468. The van der Waals surface area contributed by atoms with E-state index in [9.17, 15) is 23.3 Å². The van der Waals surface area contributed by atoms with Crippen LogP contribution in [0.5, 0.6) is 0 Å². The summed E-state index contributed by atoms with van der Waals surface area (Å²) in [6.45, 7) is 1.54. The first-order chi connectivity index (χ1) is 8.75. The molecule has 0 fully saturated rings. The van der Waals surface area contributed by atoms with E-state index in [4.69, 9.17) is 5.11 Å². The van der Waals surface area contributed by atoms with Gasteiger partial charge in [0.15, 0.2) is 0 Å². The lowest BCUT2D eigenvalue weighted by Crippen LogP contribution is -2.09. The Balaban J connectivity index is 3.06. The Morgan fingerprint density at radius 3 is 2.68 bits per heavy atom.